The van der Waals surface area contributed by atoms with Crippen molar-refractivity contribution in [2.45, 2.75) is 25.0 Å². The van der Waals surface area contributed by atoms with Gasteiger partial charge in [0.2, 0.25) is 5.72 Å². The molecule has 0 radical (unpaired) electrons. The van der Waals surface area contributed by atoms with E-state index in [1.807, 2.05) is 37.4 Å². The van der Waals surface area contributed by atoms with E-state index in [1.54, 1.807) is 12.1 Å². The van der Waals surface area contributed by atoms with Crippen LogP contribution in [-0.2, 0) is 5.41 Å². The highest BCUT2D eigenvalue weighted by Crippen LogP contribution is 2.54. The molecule has 4 rings (SSSR count). The van der Waals surface area contributed by atoms with Crippen molar-refractivity contribution in [2.75, 3.05) is 11.9 Å². The first-order chi connectivity index (χ1) is 11.4. The molecular weight excluding hydrogens is 302 g/mol. The number of rotatable bonds is 1. The number of ether oxygens (including phenoxy) is 1. The Labute approximate surface area is 141 Å². The Bertz CT molecular complexity index is 884. The van der Waals surface area contributed by atoms with Gasteiger partial charge in [0.15, 0.2) is 0 Å². The van der Waals surface area contributed by atoms with Gasteiger partial charge in [0, 0.05) is 18.3 Å². The third-order valence-corrected chi connectivity index (χ3v) is 5.35. The van der Waals surface area contributed by atoms with Crippen LogP contribution in [-0.4, -0.2) is 23.8 Å². The number of carbonyl (C=O) groups is 1. The lowest BCUT2D eigenvalue weighted by molar-refractivity contribution is 0.0580. The van der Waals surface area contributed by atoms with Gasteiger partial charge in [-0.2, -0.15) is 0 Å². The maximum absolute atomic E-state index is 11.4. The zero-order valence-electron chi connectivity index (χ0n) is 13.9. The molecule has 1 atom stereocenters. The fourth-order valence-electron chi connectivity index (χ4n) is 3.89. The molecule has 0 aliphatic carbocycles. The number of carboxylic acids is 1. The molecule has 2 heterocycles. The van der Waals surface area contributed by atoms with Crippen LogP contribution in [0.15, 0.2) is 48.5 Å². The predicted molar refractivity (Wildman–Crippen MR) is 93.7 cm³/mol. The minimum absolute atomic E-state index is 0.299. The lowest BCUT2D eigenvalue weighted by Crippen LogP contribution is -2.58. The summed E-state index contributed by atoms with van der Waals surface area (Å²) in [5, 5.41) is 9.33. The second kappa shape index (κ2) is 4.63. The molecule has 0 saturated carbocycles. The first-order valence-corrected chi connectivity index (χ1v) is 7.96. The van der Waals surface area contributed by atoms with Gasteiger partial charge < -0.3 is 14.7 Å². The van der Waals surface area contributed by atoms with Crippen molar-refractivity contribution in [2.24, 2.45) is 0 Å². The molecule has 4 nitrogen and oxygen atoms in total. The summed E-state index contributed by atoms with van der Waals surface area (Å²) in [6.07, 6.45) is 4.16. The summed E-state index contributed by atoms with van der Waals surface area (Å²) < 4.78 is 6.48. The van der Waals surface area contributed by atoms with E-state index < -0.39 is 17.1 Å². The van der Waals surface area contributed by atoms with E-state index in [9.17, 15) is 9.90 Å². The normalized spacial score (nSPS) is 22.9. The standard InChI is InChI=1S/C20H19NO3/c1-19(2)15-12-14(18(22)23)8-9-16(15)21(3)20(19)11-10-13-6-4-5-7-17(13)24-20/h4-12H,1-3H3,(H,22,23)/t20-/m1/s1. The third-order valence-electron chi connectivity index (χ3n) is 5.35. The van der Waals surface area contributed by atoms with Crippen LogP contribution in [0.1, 0.15) is 35.3 Å². The fraction of sp³-hybridized carbons (Fsp3) is 0.250. The molecule has 122 valence electrons. The molecule has 24 heavy (non-hydrogen) atoms. The third kappa shape index (κ3) is 1.71. The van der Waals surface area contributed by atoms with Crippen molar-refractivity contribution in [1.82, 2.24) is 0 Å². The number of fused-ring (bicyclic) bond motifs is 2. The van der Waals surface area contributed by atoms with Crippen LogP contribution in [0.4, 0.5) is 5.69 Å². The van der Waals surface area contributed by atoms with Crippen molar-refractivity contribution in [3.63, 3.8) is 0 Å². The summed E-state index contributed by atoms with van der Waals surface area (Å²) >= 11 is 0. The summed E-state index contributed by atoms with van der Waals surface area (Å²) in [6, 6.07) is 13.2. The minimum atomic E-state index is -0.914. The van der Waals surface area contributed by atoms with Crippen molar-refractivity contribution in [1.29, 1.82) is 0 Å². The van der Waals surface area contributed by atoms with Gasteiger partial charge in [-0.05, 0) is 55.8 Å². The number of anilines is 1. The van der Waals surface area contributed by atoms with Crippen LogP contribution in [0.2, 0.25) is 0 Å². The maximum atomic E-state index is 11.4. The number of aromatic carboxylic acids is 1. The lowest BCUT2D eigenvalue weighted by Gasteiger charge is -2.45. The molecule has 2 aliphatic heterocycles. The molecule has 2 aromatic carbocycles. The van der Waals surface area contributed by atoms with Crippen molar-refractivity contribution < 1.29 is 14.6 Å². The molecular formula is C20H19NO3. The van der Waals surface area contributed by atoms with E-state index in [0.29, 0.717) is 5.56 Å². The highest BCUT2D eigenvalue weighted by Gasteiger charge is 2.57. The number of hydrogen-bond acceptors (Lipinski definition) is 3. The summed E-state index contributed by atoms with van der Waals surface area (Å²) in [6.45, 7) is 4.19. The Morgan fingerprint density at radius 3 is 2.67 bits per heavy atom. The van der Waals surface area contributed by atoms with E-state index in [1.165, 1.54) is 0 Å². The first-order valence-electron chi connectivity index (χ1n) is 7.96. The second-order valence-electron chi connectivity index (χ2n) is 6.89. The zero-order valence-corrected chi connectivity index (χ0v) is 13.9. The molecule has 0 saturated heterocycles. The number of para-hydroxylation sites is 1. The second-order valence-corrected chi connectivity index (χ2v) is 6.89. The minimum Gasteiger partial charge on any atom is -0.478 e. The van der Waals surface area contributed by atoms with Crippen molar-refractivity contribution in [3.05, 3.63) is 65.2 Å². The molecule has 0 amide bonds. The molecule has 0 bridgehead atoms. The van der Waals surface area contributed by atoms with Gasteiger partial charge in [-0.25, -0.2) is 4.79 Å². The monoisotopic (exact) mass is 321 g/mol. The molecule has 0 fully saturated rings. The van der Waals surface area contributed by atoms with Gasteiger partial charge >= 0.3 is 5.97 Å². The number of nitrogens with zero attached hydrogens (tertiary/aromatic N) is 1. The lowest BCUT2D eigenvalue weighted by atomic mass is 9.76. The van der Waals surface area contributed by atoms with Gasteiger partial charge in [0.1, 0.15) is 5.75 Å². The van der Waals surface area contributed by atoms with Crippen LogP contribution in [0.3, 0.4) is 0 Å². The van der Waals surface area contributed by atoms with Crippen molar-refractivity contribution in [3.8, 4) is 5.75 Å². The van der Waals surface area contributed by atoms with E-state index >= 15 is 0 Å². The van der Waals surface area contributed by atoms with Gasteiger partial charge in [0.05, 0.1) is 11.0 Å². The SMILES string of the molecule is CN1c2ccc(C(=O)O)cc2C(C)(C)[C@]12C=Cc1ccccc1O2. The number of hydrogen-bond donors (Lipinski definition) is 1. The van der Waals surface area contributed by atoms with Crippen LogP contribution in [0, 0.1) is 0 Å². The first kappa shape index (κ1) is 14.8. The Hall–Kier alpha value is -2.75. The van der Waals surface area contributed by atoms with E-state index in [0.717, 1.165) is 22.6 Å². The summed E-state index contributed by atoms with van der Waals surface area (Å²) in [4.78, 5) is 13.5. The summed E-state index contributed by atoms with van der Waals surface area (Å²) in [5.74, 6) is -0.0751. The average molecular weight is 321 g/mol. The Morgan fingerprint density at radius 1 is 1.17 bits per heavy atom. The average Bonchev–Trinajstić information content (AvgIpc) is 2.73. The van der Waals surface area contributed by atoms with Gasteiger partial charge in [-0.3, -0.25) is 0 Å². The molecule has 2 aromatic rings. The Balaban J connectivity index is 1.89. The Kier molecular flexibility index (Phi) is 2.86. The largest absolute Gasteiger partial charge is 0.478 e. The molecule has 1 N–H and O–H groups in total. The van der Waals surface area contributed by atoms with E-state index in [2.05, 4.69) is 30.9 Å². The number of carboxylic acid groups (broad SMARTS) is 1. The highest BCUT2D eigenvalue weighted by molar-refractivity contribution is 5.89. The van der Waals surface area contributed by atoms with Crippen LogP contribution < -0.4 is 9.64 Å². The molecule has 0 unspecified atom stereocenters. The molecule has 1 spiro atoms. The quantitative estimate of drug-likeness (QED) is 0.865. The zero-order chi connectivity index (χ0) is 17.1. The maximum Gasteiger partial charge on any atom is 0.335 e. The van der Waals surface area contributed by atoms with Crippen molar-refractivity contribution >= 4 is 17.7 Å². The van der Waals surface area contributed by atoms with Crippen LogP contribution >= 0.6 is 0 Å². The Morgan fingerprint density at radius 2 is 1.92 bits per heavy atom. The molecule has 4 heteroatoms. The van der Waals surface area contributed by atoms with Gasteiger partial charge in [-0.15, -0.1) is 0 Å². The van der Waals surface area contributed by atoms with E-state index in [4.69, 9.17) is 4.74 Å². The van der Waals surface area contributed by atoms with Crippen LogP contribution in [0.25, 0.3) is 6.08 Å². The van der Waals surface area contributed by atoms with Gasteiger partial charge in [0.25, 0.3) is 0 Å². The topological polar surface area (TPSA) is 49.8 Å². The van der Waals surface area contributed by atoms with Crippen LogP contribution in [0.5, 0.6) is 5.75 Å². The van der Waals surface area contributed by atoms with E-state index in [-0.39, 0.29) is 0 Å². The smallest absolute Gasteiger partial charge is 0.335 e. The number of benzene rings is 2. The fourth-order valence-corrected chi connectivity index (χ4v) is 3.89. The van der Waals surface area contributed by atoms with Gasteiger partial charge in [-0.1, -0.05) is 18.2 Å². The highest BCUT2D eigenvalue weighted by atomic mass is 16.5. The summed E-state index contributed by atoms with van der Waals surface area (Å²) in [5.41, 5.74) is 2.23. The number of likely N-dealkylation sites (N-methyl/N-ethyl adjacent to an activating group) is 1. The molecule has 2 aliphatic rings. The molecule has 0 aromatic heterocycles. The summed E-state index contributed by atoms with van der Waals surface area (Å²) in [7, 11) is 1.99. The predicted octanol–water partition coefficient (Wildman–Crippen LogP) is 3.91.